The molecule has 1 fully saturated rings. The van der Waals surface area contributed by atoms with Crippen molar-refractivity contribution in [2.75, 3.05) is 12.9 Å². The second kappa shape index (κ2) is 7.77. The summed E-state index contributed by atoms with van der Waals surface area (Å²) in [5, 5.41) is 8.81. The lowest BCUT2D eigenvalue weighted by atomic mass is 10.1. The molecule has 4 aromatic rings. The van der Waals surface area contributed by atoms with Crippen molar-refractivity contribution in [3.63, 3.8) is 0 Å². The predicted octanol–water partition coefficient (Wildman–Crippen LogP) is 3.26. The molecule has 1 aliphatic heterocycles. The normalized spacial score (nSPS) is 14.9. The van der Waals surface area contributed by atoms with Gasteiger partial charge in [0.25, 0.3) is 5.91 Å². The number of nitrogens with one attached hydrogen (secondary N) is 3. The van der Waals surface area contributed by atoms with Crippen LogP contribution in [-0.2, 0) is 4.79 Å². The Morgan fingerprint density at radius 3 is 2.71 bits per heavy atom. The SMILES string of the molecule is COc1ccc(-c2nc(C(=O)NN=C3NC(=O)CS3)cc3c2[nH]c2ccccc23)cc1. The maximum absolute atomic E-state index is 12.8. The summed E-state index contributed by atoms with van der Waals surface area (Å²) in [7, 11) is 1.61. The van der Waals surface area contributed by atoms with E-state index in [1.807, 2.05) is 48.5 Å². The number of hydrogen-bond donors (Lipinski definition) is 3. The van der Waals surface area contributed by atoms with E-state index in [2.05, 4.69) is 25.8 Å². The van der Waals surface area contributed by atoms with Crippen LogP contribution in [0.1, 0.15) is 10.5 Å². The van der Waals surface area contributed by atoms with E-state index in [-0.39, 0.29) is 17.4 Å². The van der Waals surface area contributed by atoms with Gasteiger partial charge >= 0.3 is 0 Å². The number of ether oxygens (including phenoxy) is 1. The van der Waals surface area contributed by atoms with Crippen LogP contribution < -0.4 is 15.5 Å². The predicted molar refractivity (Wildman–Crippen MR) is 121 cm³/mol. The maximum atomic E-state index is 12.8. The molecule has 0 bridgehead atoms. The van der Waals surface area contributed by atoms with Gasteiger partial charge in [0.2, 0.25) is 5.91 Å². The molecule has 1 saturated heterocycles. The fraction of sp³-hybridized carbons (Fsp3) is 0.0909. The first kappa shape index (κ1) is 19.1. The van der Waals surface area contributed by atoms with Gasteiger partial charge in [-0.25, -0.2) is 10.4 Å². The number of H-pyrrole nitrogens is 1. The van der Waals surface area contributed by atoms with Gasteiger partial charge in [-0.3, -0.25) is 9.59 Å². The highest BCUT2D eigenvalue weighted by molar-refractivity contribution is 8.15. The third-order valence-corrected chi connectivity index (χ3v) is 5.81. The zero-order valence-corrected chi connectivity index (χ0v) is 17.2. The van der Waals surface area contributed by atoms with Crippen LogP contribution in [0.5, 0.6) is 5.75 Å². The van der Waals surface area contributed by atoms with E-state index >= 15 is 0 Å². The lowest BCUT2D eigenvalue weighted by molar-refractivity contribution is -0.116. The van der Waals surface area contributed by atoms with E-state index in [0.717, 1.165) is 33.1 Å². The van der Waals surface area contributed by atoms with E-state index in [0.29, 0.717) is 10.9 Å². The molecular weight excluding hydrogens is 414 g/mol. The van der Waals surface area contributed by atoms with Crippen LogP contribution in [0.2, 0.25) is 0 Å². The summed E-state index contributed by atoms with van der Waals surface area (Å²) in [6.45, 7) is 0. The number of aromatic nitrogens is 2. The van der Waals surface area contributed by atoms with Gasteiger partial charge in [0.1, 0.15) is 11.4 Å². The molecular formula is C22H17N5O3S. The average molecular weight is 431 g/mol. The fourth-order valence-corrected chi connectivity index (χ4v) is 4.10. The van der Waals surface area contributed by atoms with Crippen LogP contribution in [-0.4, -0.2) is 39.8 Å². The molecule has 2 aromatic heterocycles. The standard InChI is InChI=1S/C22H17N5O3S/c1-30-13-8-6-12(7-9-13)19-20-15(14-4-2-3-5-16(14)23-20)10-17(24-19)21(29)26-27-22-25-18(28)11-31-22/h2-10,23H,11H2,1H3,(H,26,29)(H,25,27,28). The van der Waals surface area contributed by atoms with Gasteiger partial charge in [-0.1, -0.05) is 30.0 Å². The zero-order chi connectivity index (χ0) is 21.4. The van der Waals surface area contributed by atoms with E-state index in [4.69, 9.17) is 4.74 Å². The van der Waals surface area contributed by atoms with Crippen LogP contribution in [0, 0.1) is 0 Å². The molecule has 154 valence electrons. The summed E-state index contributed by atoms with van der Waals surface area (Å²) >= 11 is 1.23. The molecule has 9 heteroatoms. The Balaban J connectivity index is 1.62. The third kappa shape index (κ3) is 3.59. The highest BCUT2D eigenvalue weighted by atomic mass is 32.2. The first-order chi connectivity index (χ1) is 15.1. The van der Waals surface area contributed by atoms with Crippen LogP contribution >= 0.6 is 11.8 Å². The number of rotatable bonds is 4. The Labute approximate surface area is 181 Å². The molecule has 0 unspecified atom stereocenters. The first-order valence-corrected chi connectivity index (χ1v) is 10.5. The second-order valence-electron chi connectivity index (χ2n) is 6.87. The number of amidine groups is 1. The zero-order valence-electron chi connectivity index (χ0n) is 16.4. The van der Waals surface area contributed by atoms with Gasteiger partial charge in [-0.05, 0) is 36.4 Å². The van der Waals surface area contributed by atoms with Gasteiger partial charge in [0, 0.05) is 21.9 Å². The number of hydrazone groups is 1. The summed E-state index contributed by atoms with van der Waals surface area (Å²) in [5.41, 5.74) is 6.00. The molecule has 0 saturated carbocycles. The van der Waals surface area contributed by atoms with Crippen molar-refractivity contribution in [2.24, 2.45) is 5.10 Å². The molecule has 0 radical (unpaired) electrons. The number of hydrogen-bond acceptors (Lipinski definition) is 6. The number of pyridine rings is 1. The number of fused-ring (bicyclic) bond motifs is 3. The molecule has 2 amide bonds. The summed E-state index contributed by atoms with van der Waals surface area (Å²) < 4.78 is 5.25. The molecule has 2 aromatic carbocycles. The van der Waals surface area contributed by atoms with E-state index in [1.165, 1.54) is 11.8 Å². The Hall–Kier alpha value is -3.85. The largest absolute Gasteiger partial charge is 0.497 e. The molecule has 1 aliphatic rings. The number of benzene rings is 2. The van der Waals surface area contributed by atoms with E-state index in [9.17, 15) is 9.59 Å². The summed E-state index contributed by atoms with van der Waals surface area (Å²) in [6.07, 6.45) is 0. The monoisotopic (exact) mass is 431 g/mol. The van der Waals surface area contributed by atoms with Crippen molar-refractivity contribution >= 4 is 50.5 Å². The molecule has 5 rings (SSSR count). The number of aromatic amines is 1. The Kier molecular flexibility index (Phi) is 4.79. The molecule has 3 heterocycles. The minimum atomic E-state index is -0.462. The van der Waals surface area contributed by atoms with Crippen LogP contribution in [0.15, 0.2) is 59.7 Å². The van der Waals surface area contributed by atoms with Crippen molar-refractivity contribution in [2.45, 2.75) is 0 Å². The van der Waals surface area contributed by atoms with Crippen molar-refractivity contribution in [3.8, 4) is 17.0 Å². The summed E-state index contributed by atoms with van der Waals surface area (Å²) in [5.74, 6) is 0.419. The van der Waals surface area contributed by atoms with Gasteiger partial charge in [0.15, 0.2) is 5.17 Å². The van der Waals surface area contributed by atoms with Crippen molar-refractivity contribution in [1.29, 1.82) is 0 Å². The lowest BCUT2D eigenvalue weighted by Crippen LogP contribution is -2.25. The van der Waals surface area contributed by atoms with Gasteiger partial charge in [-0.2, -0.15) is 0 Å². The minimum Gasteiger partial charge on any atom is -0.497 e. The second-order valence-corrected chi connectivity index (χ2v) is 7.84. The van der Waals surface area contributed by atoms with Crippen LogP contribution in [0.4, 0.5) is 0 Å². The Morgan fingerprint density at radius 2 is 1.97 bits per heavy atom. The molecule has 3 N–H and O–H groups in total. The maximum Gasteiger partial charge on any atom is 0.290 e. The number of amides is 2. The molecule has 0 spiro atoms. The highest BCUT2D eigenvalue weighted by Crippen LogP contribution is 2.33. The van der Waals surface area contributed by atoms with Crippen molar-refractivity contribution in [3.05, 3.63) is 60.3 Å². The fourth-order valence-electron chi connectivity index (χ4n) is 3.46. The third-order valence-electron chi connectivity index (χ3n) is 4.94. The Morgan fingerprint density at radius 1 is 1.16 bits per heavy atom. The highest BCUT2D eigenvalue weighted by Gasteiger charge is 2.19. The van der Waals surface area contributed by atoms with Crippen molar-refractivity contribution < 1.29 is 14.3 Å². The molecule has 0 aliphatic carbocycles. The average Bonchev–Trinajstić information content (AvgIpc) is 3.40. The van der Waals surface area contributed by atoms with Crippen LogP contribution in [0.3, 0.4) is 0 Å². The smallest absolute Gasteiger partial charge is 0.290 e. The number of para-hydroxylation sites is 1. The first-order valence-electron chi connectivity index (χ1n) is 9.49. The topological polar surface area (TPSA) is 108 Å². The van der Waals surface area contributed by atoms with Gasteiger partial charge in [-0.15, -0.1) is 5.10 Å². The van der Waals surface area contributed by atoms with E-state index < -0.39 is 5.91 Å². The quantitative estimate of drug-likeness (QED) is 0.430. The molecule has 8 nitrogen and oxygen atoms in total. The summed E-state index contributed by atoms with van der Waals surface area (Å²) in [6, 6.07) is 17.1. The molecule has 31 heavy (non-hydrogen) atoms. The Bertz CT molecular complexity index is 1360. The number of carbonyl (C=O) groups is 2. The number of carbonyl (C=O) groups excluding carboxylic acids is 2. The van der Waals surface area contributed by atoms with Crippen LogP contribution in [0.25, 0.3) is 33.1 Å². The minimum absolute atomic E-state index is 0.141. The van der Waals surface area contributed by atoms with Crippen molar-refractivity contribution in [1.82, 2.24) is 20.7 Å². The van der Waals surface area contributed by atoms with E-state index in [1.54, 1.807) is 13.2 Å². The lowest BCUT2D eigenvalue weighted by Gasteiger charge is -2.08. The molecule has 0 atom stereocenters. The van der Waals surface area contributed by atoms with Gasteiger partial charge < -0.3 is 15.0 Å². The number of methoxy groups -OCH3 is 1. The summed E-state index contributed by atoms with van der Waals surface area (Å²) in [4.78, 5) is 32.2. The number of nitrogens with zero attached hydrogens (tertiary/aromatic N) is 2. The number of thioether (sulfide) groups is 1. The van der Waals surface area contributed by atoms with Gasteiger partial charge in [0.05, 0.1) is 24.1 Å².